The first-order valence-electron chi connectivity index (χ1n) is 5.23. The molecule has 0 radical (unpaired) electrons. The highest BCUT2D eigenvalue weighted by atomic mass is 32.1. The predicted octanol–water partition coefficient (Wildman–Crippen LogP) is 2.44. The Bertz CT molecular complexity index is 469. The van der Waals surface area contributed by atoms with Gasteiger partial charge in [0.1, 0.15) is 0 Å². The smallest absolute Gasteiger partial charge is 0.0751 e. The summed E-state index contributed by atoms with van der Waals surface area (Å²) >= 11 is 1.73. The molecule has 0 aliphatic heterocycles. The molecule has 86 valence electrons. The van der Waals surface area contributed by atoms with Gasteiger partial charge in [0.2, 0.25) is 0 Å². The predicted molar refractivity (Wildman–Crippen MR) is 68.4 cm³/mol. The summed E-state index contributed by atoms with van der Waals surface area (Å²) in [6, 6.07) is 8.40. The molecule has 0 fully saturated rings. The normalized spacial score (nSPS) is 15.2. The van der Waals surface area contributed by atoms with Crippen molar-refractivity contribution in [3.63, 3.8) is 0 Å². The van der Waals surface area contributed by atoms with Crippen molar-refractivity contribution in [2.24, 2.45) is 5.84 Å². The molecule has 0 aliphatic carbocycles. The van der Waals surface area contributed by atoms with Gasteiger partial charge >= 0.3 is 0 Å². The van der Waals surface area contributed by atoms with Gasteiger partial charge < -0.3 is 4.74 Å². The molecule has 1 heterocycles. The quantitative estimate of drug-likeness (QED) is 0.633. The lowest BCUT2D eigenvalue weighted by Crippen LogP contribution is -2.36. The molecule has 3 N–H and O–H groups in total. The van der Waals surface area contributed by atoms with Crippen molar-refractivity contribution in [3.05, 3.63) is 35.2 Å². The van der Waals surface area contributed by atoms with E-state index in [0.717, 1.165) is 0 Å². The van der Waals surface area contributed by atoms with Crippen LogP contribution in [0.25, 0.3) is 10.1 Å². The Kier molecular flexibility index (Phi) is 3.56. The minimum Gasteiger partial charge on any atom is -0.380 e. The average molecular weight is 236 g/mol. The van der Waals surface area contributed by atoms with E-state index in [1.54, 1.807) is 18.4 Å². The van der Waals surface area contributed by atoms with E-state index in [2.05, 4.69) is 35.1 Å². The van der Waals surface area contributed by atoms with E-state index in [0.29, 0.717) is 0 Å². The van der Waals surface area contributed by atoms with Gasteiger partial charge in [-0.2, -0.15) is 0 Å². The minimum absolute atomic E-state index is 0.0207. The van der Waals surface area contributed by atoms with Gasteiger partial charge in [0.05, 0.1) is 12.1 Å². The highest BCUT2D eigenvalue weighted by Gasteiger charge is 2.19. The van der Waals surface area contributed by atoms with Crippen molar-refractivity contribution in [2.45, 2.75) is 19.1 Å². The molecule has 2 unspecified atom stereocenters. The molecule has 0 saturated heterocycles. The van der Waals surface area contributed by atoms with E-state index >= 15 is 0 Å². The first-order chi connectivity index (χ1) is 7.77. The highest BCUT2D eigenvalue weighted by molar-refractivity contribution is 7.17. The molecule has 3 nitrogen and oxygen atoms in total. The second-order valence-electron chi connectivity index (χ2n) is 3.77. The monoisotopic (exact) mass is 236 g/mol. The standard InChI is InChI=1S/C12H16N2OS/c1-8(15-2)11(14-13)10-5-3-4-9-6-7-16-12(9)10/h3-8,11,14H,13H2,1-2H3. The summed E-state index contributed by atoms with van der Waals surface area (Å²) in [5, 5.41) is 3.35. The summed E-state index contributed by atoms with van der Waals surface area (Å²) < 4.78 is 6.62. The van der Waals surface area contributed by atoms with Gasteiger partial charge in [-0.05, 0) is 29.3 Å². The van der Waals surface area contributed by atoms with E-state index < -0.39 is 0 Å². The van der Waals surface area contributed by atoms with Crippen molar-refractivity contribution in [2.75, 3.05) is 7.11 Å². The first kappa shape index (κ1) is 11.5. The number of rotatable bonds is 4. The average Bonchev–Trinajstić information content (AvgIpc) is 2.78. The van der Waals surface area contributed by atoms with Crippen LogP contribution in [0.3, 0.4) is 0 Å². The molecular formula is C12H16N2OS. The Balaban J connectivity index is 2.48. The molecule has 0 amide bonds. The molecule has 2 rings (SSSR count). The third kappa shape index (κ3) is 1.97. The van der Waals surface area contributed by atoms with Crippen LogP contribution in [-0.4, -0.2) is 13.2 Å². The zero-order valence-electron chi connectivity index (χ0n) is 9.44. The summed E-state index contributed by atoms with van der Waals surface area (Å²) in [5.74, 6) is 5.62. The van der Waals surface area contributed by atoms with Gasteiger partial charge in [0.15, 0.2) is 0 Å². The molecule has 0 saturated carbocycles. The minimum atomic E-state index is 0.0207. The van der Waals surface area contributed by atoms with Crippen LogP contribution in [0.4, 0.5) is 0 Å². The Morgan fingerprint density at radius 2 is 2.19 bits per heavy atom. The lowest BCUT2D eigenvalue weighted by molar-refractivity contribution is 0.0836. The van der Waals surface area contributed by atoms with Gasteiger partial charge in [0, 0.05) is 11.8 Å². The summed E-state index contributed by atoms with van der Waals surface area (Å²) in [6.07, 6.45) is 0.0395. The van der Waals surface area contributed by atoms with Crippen LogP contribution >= 0.6 is 11.3 Å². The lowest BCUT2D eigenvalue weighted by atomic mass is 10.0. The van der Waals surface area contributed by atoms with Gasteiger partial charge in [-0.15, -0.1) is 11.3 Å². The number of benzene rings is 1. The van der Waals surface area contributed by atoms with Crippen molar-refractivity contribution in [1.82, 2.24) is 5.43 Å². The van der Waals surface area contributed by atoms with Crippen LogP contribution in [0.15, 0.2) is 29.6 Å². The Morgan fingerprint density at radius 3 is 2.88 bits per heavy atom. The van der Waals surface area contributed by atoms with Gasteiger partial charge in [-0.3, -0.25) is 11.3 Å². The molecule has 2 atom stereocenters. The Morgan fingerprint density at radius 1 is 1.38 bits per heavy atom. The fourth-order valence-electron chi connectivity index (χ4n) is 1.88. The second-order valence-corrected chi connectivity index (χ2v) is 4.69. The van der Waals surface area contributed by atoms with Crippen LogP contribution in [0.2, 0.25) is 0 Å². The molecule has 16 heavy (non-hydrogen) atoms. The number of hydrogen-bond acceptors (Lipinski definition) is 4. The first-order valence-corrected chi connectivity index (χ1v) is 6.11. The van der Waals surface area contributed by atoms with Crippen molar-refractivity contribution in [1.29, 1.82) is 0 Å². The maximum atomic E-state index is 5.62. The summed E-state index contributed by atoms with van der Waals surface area (Å²) in [6.45, 7) is 2.01. The fraction of sp³-hybridized carbons (Fsp3) is 0.333. The molecule has 1 aromatic carbocycles. The maximum Gasteiger partial charge on any atom is 0.0751 e. The van der Waals surface area contributed by atoms with E-state index in [1.807, 2.05) is 6.92 Å². The van der Waals surface area contributed by atoms with Gasteiger partial charge in [-0.25, -0.2) is 0 Å². The Hall–Kier alpha value is -0.940. The van der Waals surface area contributed by atoms with E-state index in [4.69, 9.17) is 10.6 Å². The number of nitrogens with two attached hydrogens (primary N) is 1. The van der Waals surface area contributed by atoms with Crippen molar-refractivity contribution in [3.8, 4) is 0 Å². The summed E-state index contributed by atoms with van der Waals surface area (Å²) in [7, 11) is 1.70. The molecule has 0 aliphatic rings. The largest absolute Gasteiger partial charge is 0.380 e. The van der Waals surface area contributed by atoms with Crippen LogP contribution in [-0.2, 0) is 4.74 Å². The molecule has 2 aromatic rings. The van der Waals surface area contributed by atoms with E-state index in [1.165, 1.54) is 15.6 Å². The zero-order chi connectivity index (χ0) is 11.5. The number of fused-ring (bicyclic) bond motifs is 1. The fourth-order valence-corrected chi connectivity index (χ4v) is 2.83. The number of hydrogen-bond donors (Lipinski definition) is 2. The van der Waals surface area contributed by atoms with Crippen LogP contribution < -0.4 is 11.3 Å². The molecule has 4 heteroatoms. The number of nitrogens with one attached hydrogen (secondary N) is 1. The zero-order valence-corrected chi connectivity index (χ0v) is 10.3. The van der Waals surface area contributed by atoms with E-state index in [-0.39, 0.29) is 12.1 Å². The second kappa shape index (κ2) is 4.93. The highest BCUT2D eigenvalue weighted by Crippen LogP contribution is 2.30. The summed E-state index contributed by atoms with van der Waals surface area (Å²) in [5.41, 5.74) is 4.03. The van der Waals surface area contributed by atoms with Crippen molar-refractivity contribution >= 4 is 21.4 Å². The molecule has 0 spiro atoms. The number of methoxy groups -OCH3 is 1. The van der Waals surface area contributed by atoms with Gasteiger partial charge in [0.25, 0.3) is 0 Å². The number of ether oxygens (including phenoxy) is 1. The SMILES string of the molecule is COC(C)C(NN)c1cccc2ccsc12. The van der Waals surface area contributed by atoms with E-state index in [9.17, 15) is 0 Å². The Labute approximate surface area is 99.2 Å². The lowest BCUT2D eigenvalue weighted by Gasteiger charge is -2.22. The molecule has 0 bridgehead atoms. The number of thiophene rings is 1. The topological polar surface area (TPSA) is 47.3 Å². The van der Waals surface area contributed by atoms with Crippen LogP contribution in [0.1, 0.15) is 18.5 Å². The molecular weight excluding hydrogens is 220 g/mol. The molecule has 1 aromatic heterocycles. The maximum absolute atomic E-state index is 5.62. The van der Waals surface area contributed by atoms with Crippen molar-refractivity contribution < 1.29 is 4.74 Å². The third-order valence-electron chi connectivity index (χ3n) is 2.87. The third-order valence-corrected chi connectivity index (χ3v) is 3.84. The number of hydrazine groups is 1. The summed E-state index contributed by atoms with van der Waals surface area (Å²) in [4.78, 5) is 0. The van der Waals surface area contributed by atoms with Crippen LogP contribution in [0.5, 0.6) is 0 Å². The van der Waals surface area contributed by atoms with Crippen LogP contribution in [0, 0.1) is 0 Å². The van der Waals surface area contributed by atoms with Gasteiger partial charge in [-0.1, -0.05) is 18.2 Å².